The van der Waals surface area contributed by atoms with Gasteiger partial charge in [0.05, 0.1) is 6.61 Å². The summed E-state index contributed by atoms with van der Waals surface area (Å²) in [7, 11) is 1.83. The molecule has 0 bridgehead atoms. The van der Waals surface area contributed by atoms with E-state index in [1.807, 2.05) is 31.8 Å². The van der Waals surface area contributed by atoms with Crippen molar-refractivity contribution in [3.63, 3.8) is 0 Å². The summed E-state index contributed by atoms with van der Waals surface area (Å²) in [6, 6.07) is 6.87. The fraction of sp³-hybridized carbons (Fsp3) is 0.611. The summed E-state index contributed by atoms with van der Waals surface area (Å²) >= 11 is 1.98. The van der Waals surface area contributed by atoms with Gasteiger partial charge < -0.3 is 15.4 Å². The monoisotopic (exact) mass is 463 g/mol. The van der Waals surface area contributed by atoms with Crippen LogP contribution in [0.25, 0.3) is 0 Å². The number of nitrogens with zero attached hydrogens (tertiary/aromatic N) is 1. The van der Waals surface area contributed by atoms with Crippen LogP contribution in [0.3, 0.4) is 0 Å². The minimum atomic E-state index is 0. The third-order valence-electron chi connectivity index (χ3n) is 4.28. The number of benzene rings is 1. The number of halogens is 1. The molecule has 2 unspecified atom stereocenters. The van der Waals surface area contributed by atoms with Gasteiger partial charge in [-0.1, -0.05) is 12.1 Å². The van der Waals surface area contributed by atoms with E-state index >= 15 is 0 Å². The molecule has 1 aromatic carbocycles. The molecule has 1 aliphatic rings. The normalized spacial score (nSPS) is 20.4. The van der Waals surface area contributed by atoms with E-state index in [0.29, 0.717) is 12.6 Å². The van der Waals surface area contributed by atoms with Crippen LogP contribution < -0.4 is 15.4 Å². The molecule has 2 atom stereocenters. The number of hydrogen-bond donors (Lipinski definition) is 2. The molecule has 1 aromatic rings. The first-order chi connectivity index (χ1) is 11.2. The third kappa shape index (κ3) is 6.35. The molecule has 1 fully saturated rings. The highest BCUT2D eigenvalue weighted by atomic mass is 127. The number of ether oxygens (including phenoxy) is 1. The van der Waals surface area contributed by atoms with E-state index in [1.165, 1.54) is 30.4 Å². The molecule has 136 valence electrons. The number of guanidine groups is 1. The first kappa shape index (κ1) is 21.4. The van der Waals surface area contributed by atoms with Crippen molar-refractivity contribution >= 4 is 41.7 Å². The van der Waals surface area contributed by atoms with Crippen molar-refractivity contribution in [2.24, 2.45) is 4.99 Å². The van der Waals surface area contributed by atoms with Crippen LogP contribution in [0.4, 0.5) is 0 Å². The fourth-order valence-corrected chi connectivity index (χ4v) is 3.79. The Labute approximate surface area is 167 Å². The number of hydrogen-bond acceptors (Lipinski definition) is 3. The Bertz CT molecular complexity index is 539. The van der Waals surface area contributed by atoms with E-state index < -0.39 is 0 Å². The van der Waals surface area contributed by atoms with E-state index in [0.717, 1.165) is 23.5 Å². The first-order valence-electron chi connectivity index (χ1n) is 8.38. The quantitative estimate of drug-likeness (QED) is 0.381. The van der Waals surface area contributed by atoms with Crippen LogP contribution >= 0.6 is 35.7 Å². The number of aliphatic imine (C=N–C) groups is 1. The van der Waals surface area contributed by atoms with Gasteiger partial charge in [-0.3, -0.25) is 4.99 Å². The fourth-order valence-electron chi connectivity index (χ4n) is 3.00. The summed E-state index contributed by atoms with van der Waals surface area (Å²) in [6.45, 7) is 5.57. The molecule has 0 aliphatic heterocycles. The average Bonchev–Trinajstić information content (AvgIpc) is 3.01. The zero-order valence-corrected chi connectivity index (χ0v) is 18.2. The van der Waals surface area contributed by atoms with Gasteiger partial charge in [-0.25, -0.2) is 0 Å². The summed E-state index contributed by atoms with van der Waals surface area (Å²) in [6.07, 6.45) is 5.96. The molecule has 0 amide bonds. The Morgan fingerprint density at radius 1 is 1.38 bits per heavy atom. The Hall–Kier alpha value is -0.630. The third-order valence-corrected chi connectivity index (χ3v) is 5.38. The maximum Gasteiger partial charge on any atom is 0.191 e. The van der Waals surface area contributed by atoms with Crippen molar-refractivity contribution in [1.29, 1.82) is 0 Å². The molecule has 0 spiro atoms. The SMILES string of the molecule is CCOc1ccc(CNC(=NC)NC2CCC(SC)C2)cc1C.I. The molecule has 6 heteroatoms. The molecule has 2 rings (SSSR count). The summed E-state index contributed by atoms with van der Waals surface area (Å²) in [5.74, 6) is 1.86. The van der Waals surface area contributed by atoms with Gasteiger partial charge in [0.1, 0.15) is 5.75 Å². The smallest absolute Gasteiger partial charge is 0.191 e. The second-order valence-corrected chi connectivity index (χ2v) is 7.11. The Kier molecular flexibility index (Phi) is 9.88. The molecule has 0 aromatic heterocycles. The van der Waals surface area contributed by atoms with Crippen LogP contribution in [0, 0.1) is 6.92 Å². The van der Waals surface area contributed by atoms with Crippen molar-refractivity contribution in [3.8, 4) is 5.75 Å². The lowest BCUT2D eigenvalue weighted by atomic mass is 10.1. The van der Waals surface area contributed by atoms with Crippen LogP contribution in [0.15, 0.2) is 23.2 Å². The first-order valence-corrected chi connectivity index (χ1v) is 9.67. The predicted octanol–water partition coefficient (Wildman–Crippen LogP) is 3.96. The molecule has 0 heterocycles. The zero-order valence-electron chi connectivity index (χ0n) is 15.1. The highest BCUT2D eigenvalue weighted by Crippen LogP contribution is 2.28. The summed E-state index contributed by atoms with van der Waals surface area (Å²) < 4.78 is 5.59. The number of nitrogens with one attached hydrogen (secondary N) is 2. The number of rotatable bonds is 6. The summed E-state index contributed by atoms with van der Waals surface area (Å²) in [5.41, 5.74) is 2.41. The maximum absolute atomic E-state index is 5.59. The predicted molar refractivity (Wildman–Crippen MR) is 116 cm³/mol. The standard InChI is InChI=1S/C18H29N3OS.HI/c1-5-22-17-9-6-14(10-13(17)2)12-20-18(19-3)21-15-7-8-16(11-15)23-4;/h6,9-10,15-16H,5,7-8,11-12H2,1-4H3,(H2,19,20,21);1H. The summed E-state index contributed by atoms with van der Waals surface area (Å²) in [5, 5.41) is 7.75. The van der Waals surface area contributed by atoms with Gasteiger partial charge in [0, 0.05) is 24.9 Å². The molecule has 1 saturated carbocycles. The Balaban J connectivity index is 0.00000288. The van der Waals surface area contributed by atoms with Gasteiger partial charge in [-0.05, 0) is 56.6 Å². The molecular weight excluding hydrogens is 433 g/mol. The number of thioether (sulfide) groups is 1. The molecule has 24 heavy (non-hydrogen) atoms. The van der Waals surface area contributed by atoms with E-state index in [4.69, 9.17) is 4.74 Å². The molecule has 4 nitrogen and oxygen atoms in total. The Morgan fingerprint density at radius 2 is 2.17 bits per heavy atom. The lowest BCUT2D eigenvalue weighted by Gasteiger charge is -2.17. The van der Waals surface area contributed by atoms with E-state index in [2.05, 4.69) is 40.9 Å². The highest BCUT2D eigenvalue weighted by Gasteiger charge is 2.24. The lowest BCUT2D eigenvalue weighted by Crippen LogP contribution is -2.42. The minimum Gasteiger partial charge on any atom is -0.494 e. The van der Waals surface area contributed by atoms with Crippen molar-refractivity contribution in [2.45, 2.75) is 50.9 Å². The van der Waals surface area contributed by atoms with Crippen LogP contribution in [0.1, 0.15) is 37.3 Å². The van der Waals surface area contributed by atoms with Gasteiger partial charge >= 0.3 is 0 Å². The van der Waals surface area contributed by atoms with Gasteiger partial charge in [0.25, 0.3) is 0 Å². The van der Waals surface area contributed by atoms with Gasteiger partial charge in [0.2, 0.25) is 0 Å². The summed E-state index contributed by atoms with van der Waals surface area (Å²) in [4.78, 5) is 4.35. The van der Waals surface area contributed by atoms with Gasteiger partial charge in [-0.2, -0.15) is 11.8 Å². The van der Waals surface area contributed by atoms with Crippen LogP contribution in [0.2, 0.25) is 0 Å². The lowest BCUT2D eigenvalue weighted by molar-refractivity contribution is 0.338. The van der Waals surface area contributed by atoms with Crippen molar-refractivity contribution < 1.29 is 4.74 Å². The molecule has 0 saturated heterocycles. The highest BCUT2D eigenvalue weighted by molar-refractivity contribution is 14.0. The average molecular weight is 463 g/mol. The van der Waals surface area contributed by atoms with E-state index in [9.17, 15) is 0 Å². The minimum absolute atomic E-state index is 0. The number of aryl methyl sites for hydroxylation is 1. The topological polar surface area (TPSA) is 45.6 Å². The maximum atomic E-state index is 5.59. The van der Waals surface area contributed by atoms with Crippen molar-refractivity contribution in [2.75, 3.05) is 19.9 Å². The second kappa shape index (κ2) is 11.1. The van der Waals surface area contributed by atoms with Crippen LogP contribution in [-0.2, 0) is 6.54 Å². The van der Waals surface area contributed by atoms with E-state index in [-0.39, 0.29) is 24.0 Å². The zero-order chi connectivity index (χ0) is 16.7. The van der Waals surface area contributed by atoms with Gasteiger partial charge in [-0.15, -0.1) is 24.0 Å². The molecule has 1 aliphatic carbocycles. The van der Waals surface area contributed by atoms with Gasteiger partial charge in [0.15, 0.2) is 5.96 Å². The largest absolute Gasteiger partial charge is 0.494 e. The van der Waals surface area contributed by atoms with Crippen molar-refractivity contribution in [3.05, 3.63) is 29.3 Å². The molecule has 2 N–H and O–H groups in total. The molecule has 0 radical (unpaired) electrons. The second-order valence-electron chi connectivity index (χ2n) is 5.97. The van der Waals surface area contributed by atoms with E-state index in [1.54, 1.807) is 0 Å². The van der Waals surface area contributed by atoms with Crippen LogP contribution in [0.5, 0.6) is 5.75 Å². The Morgan fingerprint density at radius 3 is 2.75 bits per heavy atom. The van der Waals surface area contributed by atoms with Crippen molar-refractivity contribution in [1.82, 2.24) is 10.6 Å². The van der Waals surface area contributed by atoms with Crippen LogP contribution in [-0.4, -0.2) is 37.2 Å². The molecular formula is C18H30IN3OS.